The smallest absolute Gasteiger partial charge is 0.230 e. The number of likely N-dealkylation sites (tertiary alicyclic amines) is 1. The lowest BCUT2D eigenvalue weighted by atomic mass is 9.76. The lowest BCUT2D eigenvalue weighted by molar-refractivity contribution is -0.143. The quantitative estimate of drug-likeness (QED) is 0.784. The first-order valence-electron chi connectivity index (χ1n) is 11.0. The van der Waals surface area contributed by atoms with Gasteiger partial charge in [-0.3, -0.25) is 14.7 Å². The van der Waals surface area contributed by atoms with Crippen LogP contribution in [0.5, 0.6) is 0 Å². The summed E-state index contributed by atoms with van der Waals surface area (Å²) < 4.78 is 6.26. The molecule has 7 heteroatoms. The predicted octanol–water partition coefficient (Wildman–Crippen LogP) is 1.40. The number of hydrogen-bond donors (Lipinski definition) is 1. The zero-order chi connectivity index (χ0) is 19.9. The SMILES string of the molecule is CC(C)N1C[C@]23C=C[C@H](O2)[C@H](C(=O)N2CCc4[nH]nc(C5CC5)c4CC2)[C@@H]3C1=O. The summed E-state index contributed by atoms with van der Waals surface area (Å²) in [7, 11) is 0. The molecule has 0 aromatic carbocycles. The van der Waals surface area contributed by atoms with E-state index in [1.807, 2.05) is 35.8 Å². The van der Waals surface area contributed by atoms with Gasteiger partial charge in [-0.15, -0.1) is 0 Å². The van der Waals surface area contributed by atoms with Gasteiger partial charge in [-0.1, -0.05) is 12.2 Å². The molecule has 2 bridgehead atoms. The minimum Gasteiger partial charge on any atom is -0.360 e. The topological polar surface area (TPSA) is 78.5 Å². The molecule has 1 N–H and O–H groups in total. The zero-order valence-electron chi connectivity index (χ0n) is 17.1. The van der Waals surface area contributed by atoms with Gasteiger partial charge in [0.05, 0.1) is 30.2 Å². The first-order chi connectivity index (χ1) is 14.0. The normalized spacial score (nSPS) is 35.4. The number of carbonyl (C=O) groups excluding carboxylic acids is 2. The van der Waals surface area contributed by atoms with Crippen molar-refractivity contribution >= 4 is 11.8 Å². The Kier molecular flexibility index (Phi) is 3.62. The number of amides is 2. The average molecular weight is 396 g/mol. The molecule has 1 spiro atoms. The van der Waals surface area contributed by atoms with Gasteiger partial charge in [0.1, 0.15) is 5.60 Å². The van der Waals surface area contributed by atoms with E-state index in [4.69, 9.17) is 4.74 Å². The number of nitrogens with one attached hydrogen (secondary N) is 1. The second-order valence-electron chi connectivity index (χ2n) is 9.63. The Labute approximate surface area is 170 Å². The van der Waals surface area contributed by atoms with Gasteiger partial charge >= 0.3 is 0 Å². The summed E-state index contributed by atoms with van der Waals surface area (Å²) >= 11 is 0. The molecule has 1 aromatic rings. The third kappa shape index (κ3) is 2.43. The standard InChI is InChI=1S/C22H28N4O3/c1-12(2)26-11-22-8-5-16(29-22)17(18(22)21(26)28)20(27)25-9-6-14-15(7-10-25)23-24-19(14)13-3-4-13/h5,8,12-13,16-18H,3-4,6-7,9-11H2,1-2H3,(H,23,24)/t16-,17-,18+,22-/m0/s1. The van der Waals surface area contributed by atoms with Crippen molar-refractivity contribution < 1.29 is 14.3 Å². The summed E-state index contributed by atoms with van der Waals surface area (Å²) in [5, 5.41) is 7.77. The molecule has 4 atom stereocenters. The number of aromatic nitrogens is 2. The fourth-order valence-corrected chi connectivity index (χ4v) is 5.88. The largest absolute Gasteiger partial charge is 0.360 e. The van der Waals surface area contributed by atoms with Crippen LogP contribution in [0.25, 0.3) is 0 Å². The third-order valence-electron chi connectivity index (χ3n) is 7.56. The maximum atomic E-state index is 13.6. The molecule has 7 nitrogen and oxygen atoms in total. The lowest BCUT2D eigenvalue weighted by Gasteiger charge is -2.29. The van der Waals surface area contributed by atoms with Gasteiger partial charge < -0.3 is 14.5 Å². The molecule has 5 heterocycles. The predicted molar refractivity (Wildman–Crippen MR) is 105 cm³/mol. The van der Waals surface area contributed by atoms with Crippen molar-refractivity contribution in [1.82, 2.24) is 20.0 Å². The summed E-state index contributed by atoms with van der Waals surface area (Å²) in [6.45, 7) is 5.98. The highest BCUT2D eigenvalue weighted by molar-refractivity contribution is 5.93. The van der Waals surface area contributed by atoms with E-state index in [1.165, 1.54) is 29.8 Å². The van der Waals surface area contributed by atoms with Crippen LogP contribution >= 0.6 is 0 Å². The Morgan fingerprint density at radius 3 is 2.86 bits per heavy atom. The van der Waals surface area contributed by atoms with Crippen LogP contribution in [0.2, 0.25) is 0 Å². The minimum absolute atomic E-state index is 0.0745. The number of fused-ring (bicyclic) bond motifs is 2. The van der Waals surface area contributed by atoms with E-state index in [2.05, 4.69) is 10.2 Å². The molecule has 0 unspecified atom stereocenters. The van der Waals surface area contributed by atoms with E-state index in [1.54, 1.807) is 0 Å². The van der Waals surface area contributed by atoms with Gasteiger partial charge in [0.2, 0.25) is 11.8 Å². The number of carbonyl (C=O) groups is 2. The Bertz CT molecular complexity index is 917. The van der Waals surface area contributed by atoms with Crippen molar-refractivity contribution in [1.29, 1.82) is 0 Å². The average Bonchev–Trinajstić information content (AvgIpc) is 3.18. The van der Waals surface area contributed by atoms with Crippen LogP contribution in [-0.4, -0.2) is 69.2 Å². The first-order valence-corrected chi connectivity index (χ1v) is 11.0. The van der Waals surface area contributed by atoms with Crippen molar-refractivity contribution in [2.45, 2.75) is 63.2 Å². The van der Waals surface area contributed by atoms with E-state index in [9.17, 15) is 9.59 Å². The summed E-state index contributed by atoms with van der Waals surface area (Å²) in [6, 6.07) is 0.117. The number of ether oxygens (including phenoxy) is 1. The van der Waals surface area contributed by atoms with Gasteiger partial charge in [-0.2, -0.15) is 5.10 Å². The molecule has 1 aliphatic carbocycles. The van der Waals surface area contributed by atoms with Crippen LogP contribution in [0.1, 0.15) is 49.6 Å². The molecular weight excluding hydrogens is 368 g/mol. The van der Waals surface area contributed by atoms with Gasteiger partial charge in [0.25, 0.3) is 0 Å². The molecule has 154 valence electrons. The molecule has 3 fully saturated rings. The van der Waals surface area contributed by atoms with Crippen molar-refractivity contribution in [2.75, 3.05) is 19.6 Å². The monoisotopic (exact) mass is 396 g/mol. The van der Waals surface area contributed by atoms with Crippen LogP contribution in [0.4, 0.5) is 0 Å². The second-order valence-corrected chi connectivity index (χ2v) is 9.63. The number of rotatable bonds is 3. The molecule has 2 amide bonds. The highest BCUT2D eigenvalue weighted by Gasteiger charge is 2.67. The van der Waals surface area contributed by atoms with Crippen LogP contribution in [-0.2, 0) is 27.2 Å². The zero-order valence-corrected chi connectivity index (χ0v) is 17.1. The van der Waals surface area contributed by atoms with E-state index in [0.717, 1.165) is 12.8 Å². The van der Waals surface area contributed by atoms with Gasteiger partial charge in [-0.05, 0) is 38.7 Å². The van der Waals surface area contributed by atoms with Gasteiger partial charge in [-0.25, -0.2) is 0 Å². The Balaban J connectivity index is 1.24. The molecule has 29 heavy (non-hydrogen) atoms. The second kappa shape index (κ2) is 5.94. The first kappa shape index (κ1) is 17.7. The number of hydrogen-bond acceptors (Lipinski definition) is 4. The number of aromatic amines is 1. The molecule has 6 rings (SSSR count). The Morgan fingerprint density at radius 1 is 1.31 bits per heavy atom. The van der Waals surface area contributed by atoms with Crippen molar-refractivity contribution in [2.24, 2.45) is 11.8 Å². The minimum atomic E-state index is -0.606. The molecule has 1 aromatic heterocycles. The Hall–Kier alpha value is -2.15. The molecule has 5 aliphatic rings. The highest BCUT2D eigenvalue weighted by atomic mass is 16.5. The Morgan fingerprint density at radius 2 is 2.10 bits per heavy atom. The van der Waals surface area contributed by atoms with Crippen LogP contribution in [0, 0.1) is 11.8 Å². The summed E-state index contributed by atoms with van der Waals surface area (Å²) in [6.07, 6.45) is 7.88. The van der Waals surface area contributed by atoms with Crippen LogP contribution in [0.15, 0.2) is 12.2 Å². The molecule has 2 saturated heterocycles. The van der Waals surface area contributed by atoms with E-state index in [-0.39, 0.29) is 29.9 Å². The van der Waals surface area contributed by atoms with Crippen molar-refractivity contribution in [3.63, 3.8) is 0 Å². The number of nitrogens with zero attached hydrogens (tertiary/aromatic N) is 3. The summed E-state index contributed by atoms with van der Waals surface area (Å²) in [5.74, 6) is -0.00745. The third-order valence-corrected chi connectivity index (χ3v) is 7.56. The van der Waals surface area contributed by atoms with E-state index >= 15 is 0 Å². The van der Waals surface area contributed by atoms with Crippen molar-refractivity contribution in [3.05, 3.63) is 29.1 Å². The maximum Gasteiger partial charge on any atom is 0.230 e. The fraction of sp³-hybridized carbons (Fsp3) is 0.682. The van der Waals surface area contributed by atoms with Crippen LogP contribution in [0.3, 0.4) is 0 Å². The van der Waals surface area contributed by atoms with E-state index < -0.39 is 11.5 Å². The summed E-state index contributed by atoms with van der Waals surface area (Å²) in [4.78, 5) is 30.6. The molecule has 1 saturated carbocycles. The van der Waals surface area contributed by atoms with Gasteiger partial charge in [0, 0.05) is 37.2 Å². The molecule has 0 radical (unpaired) electrons. The van der Waals surface area contributed by atoms with Crippen LogP contribution < -0.4 is 0 Å². The van der Waals surface area contributed by atoms with Crippen molar-refractivity contribution in [3.8, 4) is 0 Å². The molecule has 4 aliphatic heterocycles. The van der Waals surface area contributed by atoms with Gasteiger partial charge in [0.15, 0.2) is 0 Å². The highest BCUT2D eigenvalue weighted by Crippen LogP contribution is 2.52. The summed E-state index contributed by atoms with van der Waals surface area (Å²) in [5.41, 5.74) is 3.13. The molecular formula is C22H28N4O3. The fourth-order valence-electron chi connectivity index (χ4n) is 5.88. The maximum absolute atomic E-state index is 13.6. The van der Waals surface area contributed by atoms with E-state index in [0.29, 0.717) is 25.6 Å². The number of H-pyrrole nitrogens is 1. The lowest BCUT2D eigenvalue weighted by Crippen LogP contribution is -2.47.